The number of hydrogen-bond acceptors (Lipinski definition) is 8. The van der Waals surface area contributed by atoms with Gasteiger partial charge in [0.15, 0.2) is 4.34 Å². The highest BCUT2D eigenvalue weighted by molar-refractivity contribution is 8.01. The van der Waals surface area contributed by atoms with Gasteiger partial charge in [0.05, 0.1) is 19.0 Å². The third-order valence-electron chi connectivity index (χ3n) is 3.21. The second-order valence-electron chi connectivity index (χ2n) is 5.62. The van der Waals surface area contributed by atoms with Crippen LogP contribution < -0.4 is 10.6 Å². The summed E-state index contributed by atoms with van der Waals surface area (Å²) < 4.78 is 6.15. The normalized spacial score (nSPS) is 15.8. The van der Waals surface area contributed by atoms with Gasteiger partial charge in [-0.05, 0) is 26.8 Å². The molecule has 0 spiro atoms. The summed E-state index contributed by atoms with van der Waals surface area (Å²) in [6, 6.07) is 0.168. The van der Waals surface area contributed by atoms with Gasteiger partial charge in [-0.1, -0.05) is 23.1 Å². The van der Waals surface area contributed by atoms with Gasteiger partial charge in [0.1, 0.15) is 0 Å². The molecule has 1 saturated heterocycles. The standard InChI is InChI=1S/C14H25N5O2S2/c1-11(2)16-12(20)10-22-14-18-17-13(23-14)15-4-3-5-19-6-8-21-9-7-19/h11H,3-10H2,1-2H3,(H,15,17)(H,16,20). The minimum atomic E-state index is 0.0280. The van der Waals surface area contributed by atoms with Crippen molar-refractivity contribution in [3.63, 3.8) is 0 Å². The lowest BCUT2D eigenvalue weighted by molar-refractivity contribution is -0.119. The second-order valence-corrected chi connectivity index (χ2v) is 7.82. The van der Waals surface area contributed by atoms with Crippen LogP contribution >= 0.6 is 23.1 Å². The largest absolute Gasteiger partial charge is 0.379 e. The molecule has 130 valence electrons. The molecule has 1 aromatic heterocycles. The van der Waals surface area contributed by atoms with Gasteiger partial charge in [0.25, 0.3) is 0 Å². The molecule has 0 aromatic carbocycles. The SMILES string of the molecule is CC(C)NC(=O)CSc1nnc(NCCCN2CCOCC2)s1. The summed E-state index contributed by atoms with van der Waals surface area (Å²) in [5.41, 5.74) is 0. The number of nitrogens with one attached hydrogen (secondary N) is 2. The zero-order valence-electron chi connectivity index (χ0n) is 13.7. The van der Waals surface area contributed by atoms with Crippen LogP contribution in [0.1, 0.15) is 20.3 Å². The Kier molecular flexibility index (Phi) is 8.07. The number of morpholine rings is 1. The van der Waals surface area contributed by atoms with Crippen molar-refractivity contribution in [1.82, 2.24) is 20.4 Å². The maximum Gasteiger partial charge on any atom is 0.230 e. The highest BCUT2D eigenvalue weighted by Crippen LogP contribution is 2.25. The maximum absolute atomic E-state index is 11.6. The number of anilines is 1. The first-order valence-corrected chi connectivity index (χ1v) is 9.73. The van der Waals surface area contributed by atoms with Crippen molar-refractivity contribution < 1.29 is 9.53 Å². The first-order chi connectivity index (χ1) is 11.1. The Morgan fingerprint density at radius 1 is 1.39 bits per heavy atom. The fourth-order valence-electron chi connectivity index (χ4n) is 2.15. The number of ether oxygens (including phenoxy) is 1. The number of rotatable bonds is 9. The van der Waals surface area contributed by atoms with Gasteiger partial charge in [-0.2, -0.15) is 0 Å². The molecule has 0 saturated carbocycles. The summed E-state index contributed by atoms with van der Waals surface area (Å²) >= 11 is 2.92. The van der Waals surface area contributed by atoms with Crippen molar-refractivity contribution in [2.24, 2.45) is 0 Å². The zero-order valence-corrected chi connectivity index (χ0v) is 15.3. The minimum absolute atomic E-state index is 0.0280. The molecule has 2 N–H and O–H groups in total. The average molecular weight is 360 g/mol. The van der Waals surface area contributed by atoms with Crippen molar-refractivity contribution >= 4 is 34.1 Å². The molecule has 0 atom stereocenters. The number of nitrogens with zero attached hydrogens (tertiary/aromatic N) is 3. The van der Waals surface area contributed by atoms with E-state index >= 15 is 0 Å². The van der Waals surface area contributed by atoms with E-state index in [-0.39, 0.29) is 11.9 Å². The van der Waals surface area contributed by atoms with Crippen LogP contribution in [0.5, 0.6) is 0 Å². The molecule has 0 radical (unpaired) electrons. The first-order valence-electron chi connectivity index (χ1n) is 7.93. The van der Waals surface area contributed by atoms with Gasteiger partial charge in [-0.25, -0.2) is 0 Å². The van der Waals surface area contributed by atoms with Crippen molar-refractivity contribution in [3.05, 3.63) is 0 Å². The Balaban J connectivity index is 1.59. The molecule has 0 unspecified atom stereocenters. The highest BCUT2D eigenvalue weighted by atomic mass is 32.2. The number of carbonyl (C=O) groups is 1. The zero-order chi connectivity index (χ0) is 16.5. The van der Waals surface area contributed by atoms with E-state index in [1.165, 1.54) is 23.1 Å². The molecule has 7 nitrogen and oxygen atoms in total. The maximum atomic E-state index is 11.6. The van der Waals surface area contributed by atoms with E-state index in [0.29, 0.717) is 5.75 Å². The number of carbonyl (C=O) groups excluding carboxylic acids is 1. The third-order valence-corrected chi connectivity index (χ3v) is 5.23. The average Bonchev–Trinajstić information content (AvgIpc) is 2.98. The molecule has 0 bridgehead atoms. The lowest BCUT2D eigenvalue weighted by atomic mass is 10.3. The fraction of sp³-hybridized carbons (Fsp3) is 0.786. The van der Waals surface area contributed by atoms with Crippen LogP contribution in [0.2, 0.25) is 0 Å². The Labute approximate surface area is 145 Å². The van der Waals surface area contributed by atoms with Gasteiger partial charge in [-0.15, -0.1) is 10.2 Å². The summed E-state index contributed by atoms with van der Waals surface area (Å²) in [6.45, 7) is 9.59. The second kappa shape index (κ2) is 10.1. The molecule has 2 rings (SSSR count). The smallest absolute Gasteiger partial charge is 0.230 e. The van der Waals surface area contributed by atoms with Crippen LogP contribution in [0, 0.1) is 0 Å². The molecule has 23 heavy (non-hydrogen) atoms. The molecule has 9 heteroatoms. The van der Waals surface area contributed by atoms with Crippen LogP contribution in [0.25, 0.3) is 0 Å². The van der Waals surface area contributed by atoms with Gasteiger partial charge < -0.3 is 15.4 Å². The van der Waals surface area contributed by atoms with Crippen LogP contribution in [0.3, 0.4) is 0 Å². The van der Waals surface area contributed by atoms with E-state index in [2.05, 4.69) is 25.7 Å². The molecular formula is C14H25N5O2S2. The summed E-state index contributed by atoms with van der Waals surface area (Å²) in [7, 11) is 0. The summed E-state index contributed by atoms with van der Waals surface area (Å²) in [4.78, 5) is 14.0. The molecule has 1 fully saturated rings. The summed E-state index contributed by atoms with van der Waals surface area (Å²) in [5, 5.41) is 15.2. The van der Waals surface area contributed by atoms with E-state index in [1.807, 2.05) is 13.8 Å². The molecule has 0 aliphatic carbocycles. The van der Waals surface area contributed by atoms with E-state index in [9.17, 15) is 4.79 Å². The van der Waals surface area contributed by atoms with Crippen molar-refractivity contribution in [3.8, 4) is 0 Å². The topological polar surface area (TPSA) is 79.4 Å². The highest BCUT2D eigenvalue weighted by Gasteiger charge is 2.10. The van der Waals surface area contributed by atoms with E-state index < -0.39 is 0 Å². The monoisotopic (exact) mass is 359 g/mol. The molecule has 1 aliphatic rings. The van der Waals surface area contributed by atoms with E-state index in [1.54, 1.807) is 0 Å². The fourth-order valence-corrected chi connectivity index (χ4v) is 3.74. The predicted molar refractivity (Wildman–Crippen MR) is 94.3 cm³/mol. The van der Waals surface area contributed by atoms with Gasteiger partial charge in [-0.3, -0.25) is 9.69 Å². The van der Waals surface area contributed by atoms with E-state index in [4.69, 9.17) is 4.74 Å². The Morgan fingerprint density at radius 3 is 2.91 bits per heavy atom. The Morgan fingerprint density at radius 2 is 2.17 bits per heavy atom. The lowest BCUT2D eigenvalue weighted by Gasteiger charge is -2.26. The third kappa shape index (κ3) is 7.47. The number of hydrogen-bond donors (Lipinski definition) is 2. The van der Waals surface area contributed by atoms with Gasteiger partial charge in [0.2, 0.25) is 11.0 Å². The summed E-state index contributed by atoms with van der Waals surface area (Å²) in [5.74, 6) is 0.407. The molecular weight excluding hydrogens is 334 g/mol. The number of amides is 1. The molecule has 1 amide bonds. The quantitative estimate of drug-likeness (QED) is 0.508. The lowest BCUT2D eigenvalue weighted by Crippen LogP contribution is -2.37. The molecule has 1 aromatic rings. The molecule has 2 heterocycles. The summed E-state index contributed by atoms with van der Waals surface area (Å²) in [6.07, 6.45) is 1.07. The van der Waals surface area contributed by atoms with Crippen molar-refractivity contribution in [1.29, 1.82) is 0 Å². The number of aromatic nitrogens is 2. The Hall–Kier alpha value is -0.900. The van der Waals surface area contributed by atoms with E-state index in [0.717, 1.165) is 55.3 Å². The van der Waals surface area contributed by atoms with Crippen molar-refractivity contribution in [2.75, 3.05) is 50.5 Å². The Bertz CT molecular complexity index is 477. The minimum Gasteiger partial charge on any atom is -0.379 e. The van der Waals surface area contributed by atoms with Crippen molar-refractivity contribution in [2.45, 2.75) is 30.6 Å². The van der Waals surface area contributed by atoms with Crippen LogP contribution in [0.4, 0.5) is 5.13 Å². The van der Waals surface area contributed by atoms with Gasteiger partial charge >= 0.3 is 0 Å². The first kappa shape index (κ1) is 18.4. The van der Waals surface area contributed by atoms with Crippen LogP contribution in [-0.2, 0) is 9.53 Å². The van der Waals surface area contributed by atoms with Gasteiger partial charge in [0, 0.05) is 25.7 Å². The number of thioether (sulfide) groups is 1. The van der Waals surface area contributed by atoms with Crippen LogP contribution in [0.15, 0.2) is 4.34 Å². The van der Waals surface area contributed by atoms with Crippen LogP contribution in [-0.4, -0.2) is 72.2 Å². The molecule has 1 aliphatic heterocycles. The predicted octanol–water partition coefficient (Wildman–Crippen LogP) is 1.29.